The predicted octanol–water partition coefficient (Wildman–Crippen LogP) is 4.91. The first-order valence-corrected chi connectivity index (χ1v) is 15.8. The van der Waals surface area contributed by atoms with Crippen molar-refractivity contribution in [2.45, 2.75) is 50.7 Å². The van der Waals surface area contributed by atoms with Crippen LogP contribution in [0.2, 0.25) is 0 Å². The maximum Gasteiger partial charge on any atom is 0.244 e. The molecule has 39 heavy (non-hydrogen) atoms. The highest BCUT2D eigenvalue weighted by Gasteiger charge is 2.34. The van der Waals surface area contributed by atoms with Crippen LogP contribution in [0.3, 0.4) is 0 Å². The van der Waals surface area contributed by atoms with Gasteiger partial charge in [0.2, 0.25) is 21.8 Å². The number of anilines is 1. The van der Waals surface area contributed by atoms with Crippen LogP contribution in [0.4, 0.5) is 5.69 Å². The van der Waals surface area contributed by atoms with Crippen molar-refractivity contribution in [1.82, 2.24) is 10.2 Å². The number of nitrogens with zero attached hydrogens (tertiary/aromatic N) is 2. The normalized spacial score (nSPS) is 14.5. The molecule has 1 fully saturated rings. The molecule has 1 unspecified atom stereocenters. The summed E-state index contributed by atoms with van der Waals surface area (Å²) in [5, 5.41) is 3.17. The molecule has 3 aromatic carbocycles. The highest BCUT2D eigenvalue weighted by atomic mass is 79.9. The van der Waals surface area contributed by atoms with E-state index in [0.717, 1.165) is 51.8 Å². The van der Waals surface area contributed by atoms with Crippen molar-refractivity contribution < 1.29 is 18.0 Å². The number of nitrogens with one attached hydrogen (secondary N) is 1. The molecular weight excluding hydrogens is 578 g/mol. The van der Waals surface area contributed by atoms with Crippen LogP contribution in [0.15, 0.2) is 89.4 Å². The molecule has 2 amide bonds. The van der Waals surface area contributed by atoms with Crippen molar-refractivity contribution in [2.75, 3.05) is 17.1 Å². The molecule has 0 radical (unpaired) electrons. The second kappa shape index (κ2) is 13.3. The lowest BCUT2D eigenvalue weighted by atomic mass is 10.0. The van der Waals surface area contributed by atoms with E-state index in [-0.39, 0.29) is 18.5 Å². The molecule has 7 nitrogen and oxygen atoms in total. The molecular formula is C30H34BrN3O4S. The van der Waals surface area contributed by atoms with Crippen molar-refractivity contribution in [3.63, 3.8) is 0 Å². The van der Waals surface area contributed by atoms with Crippen LogP contribution in [-0.2, 0) is 32.6 Å². The van der Waals surface area contributed by atoms with E-state index < -0.39 is 28.5 Å². The number of sulfonamides is 1. The summed E-state index contributed by atoms with van der Waals surface area (Å²) in [6.45, 7) is -0.248. The van der Waals surface area contributed by atoms with E-state index in [4.69, 9.17) is 0 Å². The number of carbonyl (C=O) groups excluding carboxylic acids is 2. The molecule has 0 aliphatic heterocycles. The lowest BCUT2D eigenvalue weighted by molar-refractivity contribution is -0.140. The molecule has 1 atom stereocenters. The molecule has 0 heterocycles. The van der Waals surface area contributed by atoms with Crippen molar-refractivity contribution >= 4 is 43.5 Å². The maximum atomic E-state index is 14.0. The topological polar surface area (TPSA) is 86.8 Å². The minimum absolute atomic E-state index is 0.0831. The van der Waals surface area contributed by atoms with Gasteiger partial charge in [-0.3, -0.25) is 13.9 Å². The average molecular weight is 613 g/mol. The van der Waals surface area contributed by atoms with Gasteiger partial charge < -0.3 is 10.2 Å². The number of carbonyl (C=O) groups is 2. The first-order valence-electron chi connectivity index (χ1n) is 13.1. The summed E-state index contributed by atoms with van der Waals surface area (Å²) in [7, 11) is -3.79. The summed E-state index contributed by atoms with van der Waals surface area (Å²) in [5.74, 6) is -0.667. The highest BCUT2D eigenvalue weighted by molar-refractivity contribution is 9.10. The Morgan fingerprint density at radius 1 is 0.897 bits per heavy atom. The zero-order chi connectivity index (χ0) is 27.8. The second-order valence-electron chi connectivity index (χ2n) is 9.95. The third-order valence-corrected chi connectivity index (χ3v) is 8.63. The van der Waals surface area contributed by atoms with Crippen LogP contribution >= 0.6 is 15.9 Å². The molecule has 1 saturated carbocycles. The van der Waals surface area contributed by atoms with Crippen LogP contribution in [0.5, 0.6) is 0 Å². The van der Waals surface area contributed by atoms with Crippen molar-refractivity contribution in [2.24, 2.45) is 0 Å². The van der Waals surface area contributed by atoms with Gasteiger partial charge in [-0.1, -0.05) is 89.4 Å². The van der Waals surface area contributed by atoms with E-state index in [0.29, 0.717) is 12.1 Å². The molecule has 0 aromatic heterocycles. The largest absolute Gasteiger partial charge is 0.352 e. The monoisotopic (exact) mass is 611 g/mol. The molecule has 0 saturated heterocycles. The van der Waals surface area contributed by atoms with Crippen LogP contribution in [0.25, 0.3) is 0 Å². The van der Waals surface area contributed by atoms with Gasteiger partial charge in [-0.15, -0.1) is 0 Å². The number of rotatable bonds is 11. The van der Waals surface area contributed by atoms with Gasteiger partial charge in [0.25, 0.3) is 0 Å². The summed E-state index contributed by atoms with van der Waals surface area (Å²) in [6.07, 6.45) is 5.37. The lowest BCUT2D eigenvalue weighted by Crippen LogP contribution is -2.54. The van der Waals surface area contributed by atoms with Gasteiger partial charge in [0.05, 0.1) is 11.9 Å². The molecule has 3 aromatic rings. The Morgan fingerprint density at radius 2 is 1.46 bits per heavy atom. The Morgan fingerprint density at radius 3 is 2.03 bits per heavy atom. The average Bonchev–Trinajstić information content (AvgIpc) is 3.43. The Kier molecular flexibility index (Phi) is 9.80. The summed E-state index contributed by atoms with van der Waals surface area (Å²) < 4.78 is 27.5. The van der Waals surface area contributed by atoms with Crippen LogP contribution in [-0.4, -0.2) is 50.0 Å². The minimum Gasteiger partial charge on any atom is -0.352 e. The van der Waals surface area contributed by atoms with E-state index >= 15 is 0 Å². The number of amides is 2. The summed E-state index contributed by atoms with van der Waals surface area (Å²) in [5.41, 5.74) is 2.15. The summed E-state index contributed by atoms with van der Waals surface area (Å²) in [4.78, 5) is 29.4. The Bertz CT molecular complexity index is 1350. The van der Waals surface area contributed by atoms with E-state index in [9.17, 15) is 18.0 Å². The number of benzene rings is 3. The van der Waals surface area contributed by atoms with Gasteiger partial charge in [-0.2, -0.15) is 0 Å². The second-order valence-corrected chi connectivity index (χ2v) is 12.8. The van der Waals surface area contributed by atoms with Gasteiger partial charge in [-0.05, 0) is 48.2 Å². The first kappa shape index (κ1) is 28.8. The highest BCUT2D eigenvalue weighted by Crippen LogP contribution is 2.23. The lowest BCUT2D eigenvalue weighted by Gasteiger charge is -2.34. The number of hydrogen-bond donors (Lipinski definition) is 1. The van der Waals surface area contributed by atoms with E-state index in [1.165, 1.54) is 4.90 Å². The number of hydrogen-bond acceptors (Lipinski definition) is 4. The fourth-order valence-corrected chi connectivity index (χ4v) is 6.04. The molecule has 1 aliphatic carbocycles. The molecule has 0 bridgehead atoms. The van der Waals surface area contributed by atoms with Gasteiger partial charge >= 0.3 is 0 Å². The summed E-state index contributed by atoms with van der Waals surface area (Å²) in [6, 6.07) is 25.1. The van der Waals surface area contributed by atoms with Gasteiger partial charge in [0.15, 0.2) is 0 Å². The van der Waals surface area contributed by atoms with E-state index in [1.807, 2.05) is 60.7 Å². The summed E-state index contributed by atoms with van der Waals surface area (Å²) >= 11 is 3.37. The predicted molar refractivity (Wildman–Crippen MR) is 158 cm³/mol. The molecule has 0 spiro atoms. The van der Waals surface area contributed by atoms with Gasteiger partial charge in [-0.25, -0.2) is 8.42 Å². The molecule has 4 rings (SSSR count). The Labute approximate surface area is 239 Å². The fraction of sp³-hybridized carbons (Fsp3) is 0.333. The standard InChI is InChI=1S/C30H34BrN3O4S/c1-39(37,38)34(27-18-16-25(31)17-19-27)22-29(35)33(21-24-12-6-3-7-13-24)28(20-23-10-4-2-5-11-23)30(36)32-26-14-8-9-15-26/h2-7,10-13,16-19,26,28H,8-9,14-15,20-22H2,1H3,(H,32,36). The van der Waals surface area contributed by atoms with Crippen molar-refractivity contribution in [3.05, 3.63) is 101 Å². The van der Waals surface area contributed by atoms with Gasteiger partial charge in [0.1, 0.15) is 12.6 Å². The molecule has 1 aliphatic rings. The fourth-order valence-electron chi connectivity index (χ4n) is 4.92. The van der Waals surface area contributed by atoms with Gasteiger partial charge in [0, 0.05) is 23.5 Å². The molecule has 206 valence electrons. The Hall–Kier alpha value is -3.17. The first-order chi connectivity index (χ1) is 18.7. The van der Waals surface area contributed by atoms with Crippen molar-refractivity contribution in [3.8, 4) is 0 Å². The SMILES string of the molecule is CS(=O)(=O)N(CC(=O)N(Cc1ccccc1)C(Cc1ccccc1)C(=O)NC1CCCC1)c1ccc(Br)cc1. The zero-order valence-electron chi connectivity index (χ0n) is 22.0. The van der Waals surface area contributed by atoms with Crippen LogP contribution < -0.4 is 9.62 Å². The van der Waals surface area contributed by atoms with Crippen LogP contribution in [0, 0.1) is 0 Å². The van der Waals surface area contributed by atoms with E-state index in [2.05, 4.69) is 21.2 Å². The third kappa shape index (κ3) is 8.16. The van der Waals surface area contributed by atoms with E-state index in [1.54, 1.807) is 24.3 Å². The Balaban J connectivity index is 1.70. The molecule has 9 heteroatoms. The number of halogens is 1. The molecule has 1 N–H and O–H groups in total. The minimum atomic E-state index is -3.79. The zero-order valence-corrected chi connectivity index (χ0v) is 24.4. The van der Waals surface area contributed by atoms with Crippen molar-refractivity contribution in [1.29, 1.82) is 0 Å². The van der Waals surface area contributed by atoms with Crippen LogP contribution in [0.1, 0.15) is 36.8 Å². The third-order valence-electron chi connectivity index (χ3n) is 6.96. The smallest absolute Gasteiger partial charge is 0.244 e. The quantitative estimate of drug-likeness (QED) is 0.334. The maximum absolute atomic E-state index is 14.0.